The van der Waals surface area contributed by atoms with Crippen molar-refractivity contribution in [3.63, 3.8) is 0 Å². The Morgan fingerprint density at radius 2 is 1.93 bits per heavy atom. The molecule has 0 aliphatic carbocycles. The minimum atomic E-state index is -0.470. The third kappa shape index (κ3) is 4.43. The van der Waals surface area contributed by atoms with E-state index in [0.717, 1.165) is 37.6 Å². The molecule has 1 aliphatic heterocycles. The van der Waals surface area contributed by atoms with E-state index < -0.39 is 4.92 Å². The highest BCUT2D eigenvalue weighted by Gasteiger charge is 2.22. The van der Waals surface area contributed by atoms with Gasteiger partial charge in [-0.25, -0.2) is 0 Å². The van der Waals surface area contributed by atoms with Gasteiger partial charge in [-0.2, -0.15) is 5.10 Å². The predicted molar refractivity (Wildman–Crippen MR) is 99.7 cm³/mol. The topological polar surface area (TPSA) is 103 Å². The maximum atomic E-state index is 12.2. The number of nitro groups is 1. The second-order valence-corrected chi connectivity index (χ2v) is 6.48. The van der Waals surface area contributed by atoms with E-state index in [4.69, 9.17) is 4.74 Å². The predicted octanol–water partition coefficient (Wildman–Crippen LogP) is 1.56. The van der Waals surface area contributed by atoms with Crippen LogP contribution >= 0.6 is 0 Å². The molecule has 1 aromatic carbocycles. The van der Waals surface area contributed by atoms with Crippen LogP contribution in [0, 0.1) is 24.0 Å². The number of carbonyl (C=O) groups excluding carboxylic acids is 1. The van der Waals surface area contributed by atoms with Crippen molar-refractivity contribution in [2.45, 2.75) is 26.9 Å². The first-order valence-corrected chi connectivity index (χ1v) is 8.82. The van der Waals surface area contributed by atoms with Gasteiger partial charge in [0, 0.05) is 25.3 Å². The number of hydrogen-bond donors (Lipinski definition) is 1. The van der Waals surface area contributed by atoms with Crippen molar-refractivity contribution in [2.24, 2.45) is 0 Å². The number of nitrogens with zero attached hydrogens (tertiary/aromatic N) is 4. The summed E-state index contributed by atoms with van der Waals surface area (Å²) in [6.45, 7) is 6.74. The molecule has 0 radical (unpaired) electrons. The monoisotopic (exact) mass is 373 g/mol. The van der Waals surface area contributed by atoms with Gasteiger partial charge in [-0.1, -0.05) is 12.1 Å². The fraction of sp³-hybridized carbons (Fsp3) is 0.444. The number of nitrogens with one attached hydrogen (secondary N) is 1. The minimum absolute atomic E-state index is 0.0403. The van der Waals surface area contributed by atoms with Crippen molar-refractivity contribution in [3.05, 3.63) is 51.3 Å². The van der Waals surface area contributed by atoms with Crippen LogP contribution in [0.2, 0.25) is 0 Å². The summed E-state index contributed by atoms with van der Waals surface area (Å²) in [4.78, 5) is 25.0. The second kappa shape index (κ2) is 8.17. The highest BCUT2D eigenvalue weighted by atomic mass is 16.6. The van der Waals surface area contributed by atoms with Crippen LogP contribution in [-0.2, 0) is 22.6 Å². The Labute approximate surface area is 157 Å². The third-order valence-corrected chi connectivity index (χ3v) is 4.62. The summed E-state index contributed by atoms with van der Waals surface area (Å²) in [5, 5.41) is 18.0. The summed E-state index contributed by atoms with van der Waals surface area (Å²) >= 11 is 0. The lowest BCUT2D eigenvalue weighted by molar-refractivity contribution is -0.386. The van der Waals surface area contributed by atoms with Crippen LogP contribution in [0.3, 0.4) is 0 Å². The standard InChI is InChI=1S/C18H23N5O4/c1-13-18(23(25)26)14(2)22(20-13)12-17(24)19-11-15-3-5-16(6-4-15)21-7-9-27-10-8-21/h3-6H,7-12H2,1-2H3,(H,19,24). The average molecular weight is 373 g/mol. The normalized spacial score (nSPS) is 14.2. The molecule has 0 unspecified atom stereocenters. The smallest absolute Gasteiger partial charge is 0.312 e. The van der Waals surface area contributed by atoms with Crippen LogP contribution in [0.1, 0.15) is 17.0 Å². The first-order chi connectivity index (χ1) is 13.0. The lowest BCUT2D eigenvalue weighted by Gasteiger charge is -2.28. The van der Waals surface area contributed by atoms with Crippen LogP contribution in [0.15, 0.2) is 24.3 Å². The molecular formula is C18H23N5O4. The van der Waals surface area contributed by atoms with Crippen molar-refractivity contribution in [1.82, 2.24) is 15.1 Å². The van der Waals surface area contributed by atoms with Crippen LogP contribution in [0.25, 0.3) is 0 Å². The number of ether oxygens (including phenoxy) is 1. The molecule has 9 heteroatoms. The van der Waals surface area contributed by atoms with Crippen molar-refractivity contribution in [3.8, 4) is 0 Å². The quantitative estimate of drug-likeness (QED) is 0.609. The summed E-state index contributed by atoms with van der Waals surface area (Å²) in [6.07, 6.45) is 0. The zero-order valence-corrected chi connectivity index (χ0v) is 15.5. The van der Waals surface area contributed by atoms with Gasteiger partial charge in [-0.3, -0.25) is 19.6 Å². The maximum Gasteiger partial charge on any atom is 0.312 e. The molecule has 1 aromatic heterocycles. The molecule has 2 heterocycles. The van der Waals surface area contributed by atoms with Crippen LogP contribution in [0.4, 0.5) is 11.4 Å². The second-order valence-electron chi connectivity index (χ2n) is 6.48. The zero-order valence-electron chi connectivity index (χ0n) is 15.5. The molecule has 0 bridgehead atoms. The number of hydrogen-bond acceptors (Lipinski definition) is 6. The summed E-state index contributed by atoms with van der Waals surface area (Å²) in [6, 6.07) is 8.05. The van der Waals surface area contributed by atoms with Gasteiger partial charge in [-0.15, -0.1) is 0 Å². The van der Waals surface area contributed by atoms with Crippen molar-refractivity contribution >= 4 is 17.3 Å². The molecule has 1 amide bonds. The number of aryl methyl sites for hydroxylation is 1. The zero-order chi connectivity index (χ0) is 19.4. The fourth-order valence-electron chi connectivity index (χ4n) is 3.14. The van der Waals surface area contributed by atoms with E-state index in [1.165, 1.54) is 4.68 Å². The summed E-state index contributed by atoms with van der Waals surface area (Å²) in [5.74, 6) is -0.243. The fourth-order valence-corrected chi connectivity index (χ4v) is 3.14. The van der Waals surface area contributed by atoms with E-state index in [1.54, 1.807) is 13.8 Å². The lowest BCUT2D eigenvalue weighted by Crippen LogP contribution is -2.36. The Morgan fingerprint density at radius 3 is 2.52 bits per heavy atom. The Kier molecular flexibility index (Phi) is 5.70. The molecule has 1 fully saturated rings. The maximum absolute atomic E-state index is 12.2. The number of aromatic nitrogens is 2. The number of benzene rings is 1. The van der Waals surface area contributed by atoms with Gasteiger partial charge in [-0.05, 0) is 31.5 Å². The van der Waals surface area contributed by atoms with Crippen LogP contribution in [0.5, 0.6) is 0 Å². The molecule has 2 aromatic rings. The largest absolute Gasteiger partial charge is 0.378 e. The molecule has 1 saturated heterocycles. The van der Waals surface area contributed by atoms with Gasteiger partial charge in [0.25, 0.3) is 0 Å². The molecule has 9 nitrogen and oxygen atoms in total. The SMILES string of the molecule is Cc1nn(CC(=O)NCc2ccc(N3CCOCC3)cc2)c(C)c1[N+](=O)[O-]. The number of morpholine rings is 1. The van der Waals surface area contributed by atoms with E-state index in [2.05, 4.69) is 15.3 Å². The van der Waals surface area contributed by atoms with Crippen molar-refractivity contribution < 1.29 is 14.5 Å². The molecule has 27 heavy (non-hydrogen) atoms. The number of carbonyl (C=O) groups is 1. The Balaban J connectivity index is 1.55. The highest BCUT2D eigenvalue weighted by Crippen LogP contribution is 2.21. The Bertz CT molecular complexity index is 825. The first kappa shape index (κ1) is 18.8. The molecule has 1 N–H and O–H groups in total. The first-order valence-electron chi connectivity index (χ1n) is 8.82. The Hall–Kier alpha value is -2.94. The summed E-state index contributed by atoms with van der Waals surface area (Å²) in [7, 11) is 0. The summed E-state index contributed by atoms with van der Waals surface area (Å²) < 4.78 is 6.72. The van der Waals surface area contributed by atoms with Gasteiger partial charge in [0.1, 0.15) is 17.9 Å². The summed E-state index contributed by atoms with van der Waals surface area (Å²) in [5.41, 5.74) is 2.77. The molecule has 0 saturated carbocycles. The lowest BCUT2D eigenvalue weighted by atomic mass is 10.2. The van der Waals surface area contributed by atoms with Gasteiger partial charge >= 0.3 is 5.69 Å². The molecule has 144 valence electrons. The van der Waals surface area contributed by atoms with Gasteiger partial charge in [0.15, 0.2) is 0 Å². The van der Waals surface area contributed by atoms with Crippen molar-refractivity contribution in [1.29, 1.82) is 0 Å². The van der Waals surface area contributed by atoms with Gasteiger partial charge in [0.2, 0.25) is 5.91 Å². The van der Waals surface area contributed by atoms with Gasteiger partial charge in [0.05, 0.1) is 18.1 Å². The highest BCUT2D eigenvalue weighted by molar-refractivity contribution is 5.75. The number of amides is 1. The molecule has 0 atom stereocenters. The molecule has 0 spiro atoms. The number of rotatable bonds is 6. The third-order valence-electron chi connectivity index (χ3n) is 4.62. The van der Waals surface area contributed by atoms with Crippen molar-refractivity contribution in [2.75, 3.05) is 31.2 Å². The Morgan fingerprint density at radius 1 is 1.26 bits per heavy atom. The van der Waals surface area contributed by atoms with Gasteiger partial charge < -0.3 is 15.0 Å². The molecular weight excluding hydrogens is 350 g/mol. The van der Waals surface area contributed by atoms with Crippen LogP contribution in [-0.4, -0.2) is 46.9 Å². The van der Waals surface area contributed by atoms with E-state index >= 15 is 0 Å². The molecule has 3 rings (SSSR count). The van der Waals surface area contributed by atoms with E-state index in [1.807, 2.05) is 24.3 Å². The van der Waals surface area contributed by atoms with E-state index in [9.17, 15) is 14.9 Å². The molecule has 1 aliphatic rings. The minimum Gasteiger partial charge on any atom is -0.378 e. The van der Waals surface area contributed by atoms with Crippen LogP contribution < -0.4 is 10.2 Å². The van der Waals surface area contributed by atoms with E-state index in [-0.39, 0.29) is 18.1 Å². The average Bonchev–Trinajstić information content (AvgIpc) is 2.94. The number of anilines is 1. The van der Waals surface area contributed by atoms with E-state index in [0.29, 0.717) is 17.9 Å².